The Bertz CT molecular complexity index is 500. The van der Waals surface area contributed by atoms with Crippen molar-refractivity contribution in [2.75, 3.05) is 0 Å². The minimum Gasteiger partial charge on any atom is -0.453 e. The number of benzene rings is 1. The Kier molecular flexibility index (Phi) is 3.35. The van der Waals surface area contributed by atoms with Gasteiger partial charge in [0, 0.05) is 12.2 Å². The molecule has 0 unspecified atom stereocenters. The van der Waals surface area contributed by atoms with Gasteiger partial charge >= 0.3 is 0 Å². The average Bonchev–Trinajstić information content (AvgIpc) is 2.33. The number of aromatic nitrogens is 1. The highest BCUT2D eigenvalue weighted by atomic mass is 19.1. The summed E-state index contributed by atoms with van der Waals surface area (Å²) >= 11 is 0. The summed E-state index contributed by atoms with van der Waals surface area (Å²) in [4.78, 5) is 3.89. The van der Waals surface area contributed by atoms with Crippen LogP contribution in [-0.2, 0) is 0 Å². The van der Waals surface area contributed by atoms with Gasteiger partial charge in [-0.25, -0.2) is 4.39 Å². The highest BCUT2D eigenvalue weighted by Crippen LogP contribution is 2.25. The largest absolute Gasteiger partial charge is 0.453 e. The van der Waals surface area contributed by atoms with Gasteiger partial charge in [-0.05, 0) is 36.8 Å². The first-order valence-corrected chi connectivity index (χ1v) is 5.30. The van der Waals surface area contributed by atoms with Crippen LogP contribution in [0.4, 0.5) is 4.39 Å². The Morgan fingerprint density at radius 1 is 1.35 bits per heavy atom. The van der Waals surface area contributed by atoms with Crippen molar-refractivity contribution < 1.29 is 9.13 Å². The third kappa shape index (κ3) is 2.79. The van der Waals surface area contributed by atoms with Gasteiger partial charge in [-0.2, -0.15) is 0 Å². The summed E-state index contributed by atoms with van der Waals surface area (Å²) in [7, 11) is 0. The topological polar surface area (TPSA) is 48.1 Å². The third-order valence-electron chi connectivity index (χ3n) is 2.34. The molecular formula is C13H13FN2O. The molecule has 0 saturated carbocycles. The van der Waals surface area contributed by atoms with Crippen molar-refractivity contribution in [3.05, 3.63) is 54.1 Å². The maximum atomic E-state index is 13.7. The molecule has 2 rings (SSSR count). The Morgan fingerprint density at radius 2 is 2.18 bits per heavy atom. The molecule has 0 amide bonds. The normalized spacial score (nSPS) is 12.2. The van der Waals surface area contributed by atoms with Crippen LogP contribution in [0.3, 0.4) is 0 Å². The molecule has 0 radical (unpaired) electrons. The fraction of sp³-hybridized carbons (Fsp3) is 0.154. The van der Waals surface area contributed by atoms with E-state index < -0.39 is 5.82 Å². The molecule has 4 heteroatoms. The van der Waals surface area contributed by atoms with Crippen molar-refractivity contribution in [3.63, 3.8) is 0 Å². The first-order chi connectivity index (χ1) is 8.16. The van der Waals surface area contributed by atoms with Crippen LogP contribution >= 0.6 is 0 Å². The summed E-state index contributed by atoms with van der Waals surface area (Å²) in [5, 5.41) is 0. The molecule has 1 aromatic heterocycles. The number of hydrogen-bond donors (Lipinski definition) is 1. The summed E-state index contributed by atoms with van der Waals surface area (Å²) in [6.45, 7) is 1.80. The molecule has 0 aliphatic heterocycles. The lowest BCUT2D eigenvalue weighted by Crippen LogP contribution is -2.05. The number of ether oxygens (including phenoxy) is 1. The zero-order valence-corrected chi connectivity index (χ0v) is 9.43. The van der Waals surface area contributed by atoms with Crippen molar-refractivity contribution in [2.24, 2.45) is 5.73 Å². The fourth-order valence-electron chi connectivity index (χ4n) is 1.42. The minimum atomic E-state index is -0.427. The van der Waals surface area contributed by atoms with Gasteiger partial charge in [0.25, 0.3) is 0 Å². The molecule has 88 valence electrons. The lowest BCUT2D eigenvalue weighted by Gasteiger charge is -2.09. The fourth-order valence-corrected chi connectivity index (χ4v) is 1.42. The van der Waals surface area contributed by atoms with E-state index in [1.54, 1.807) is 37.4 Å². The van der Waals surface area contributed by atoms with Gasteiger partial charge in [-0.15, -0.1) is 0 Å². The SMILES string of the molecule is C[C@@H](N)c1ccc(Oc2cccnc2)c(F)c1. The number of pyridine rings is 1. The Labute approximate surface area is 99.1 Å². The van der Waals surface area contributed by atoms with Crippen molar-refractivity contribution in [1.29, 1.82) is 0 Å². The van der Waals surface area contributed by atoms with E-state index in [1.165, 1.54) is 12.3 Å². The van der Waals surface area contributed by atoms with Gasteiger partial charge in [0.05, 0.1) is 6.20 Å². The second-order valence-corrected chi connectivity index (χ2v) is 3.77. The standard InChI is InChI=1S/C13H13FN2O/c1-9(15)10-4-5-13(12(14)7-10)17-11-3-2-6-16-8-11/h2-9H,15H2,1H3/t9-/m1/s1. The average molecular weight is 232 g/mol. The zero-order valence-electron chi connectivity index (χ0n) is 9.43. The third-order valence-corrected chi connectivity index (χ3v) is 2.34. The Hall–Kier alpha value is -1.94. The van der Waals surface area contributed by atoms with Crippen LogP contribution in [0.2, 0.25) is 0 Å². The predicted molar refractivity (Wildman–Crippen MR) is 63.3 cm³/mol. The summed E-state index contributed by atoms with van der Waals surface area (Å²) in [5.41, 5.74) is 6.40. The van der Waals surface area contributed by atoms with Crippen LogP contribution in [0.25, 0.3) is 0 Å². The van der Waals surface area contributed by atoms with Crippen LogP contribution in [0.5, 0.6) is 11.5 Å². The number of halogens is 1. The summed E-state index contributed by atoms with van der Waals surface area (Å²) in [5.74, 6) is 0.242. The summed E-state index contributed by atoms with van der Waals surface area (Å²) in [6, 6.07) is 7.95. The van der Waals surface area contributed by atoms with E-state index >= 15 is 0 Å². The molecule has 0 spiro atoms. The van der Waals surface area contributed by atoms with Crippen LogP contribution < -0.4 is 10.5 Å². The van der Waals surface area contributed by atoms with Gasteiger partial charge in [-0.3, -0.25) is 4.98 Å². The van der Waals surface area contributed by atoms with Crippen molar-refractivity contribution in [2.45, 2.75) is 13.0 Å². The molecule has 3 nitrogen and oxygen atoms in total. The van der Waals surface area contributed by atoms with Gasteiger partial charge in [0.15, 0.2) is 11.6 Å². The molecule has 0 bridgehead atoms. The second kappa shape index (κ2) is 4.93. The van der Waals surface area contributed by atoms with Gasteiger partial charge in [-0.1, -0.05) is 6.07 Å². The number of rotatable bonds is 3. The van der Waals surface area contributed by atoms with E-state index in [9.17, 15) is 4.39 Å². The first-order valence-electron chi connectivity index (χ1n) is 5.30. The molecular weight excluding hydrogens is 219 g/mol. The van der Waals surface area contributed by atoms with Crippen LogP contribution in [0.1, 0.15) is 18.5 Å². The Balaban J connectivity index is 2.23. The van der Waals surface area contributed by atoms with E-state index in [1.807, 2.05) is 0 Å². The first kappa shape index (κ1) is 11.5. The molecule has 0 aliphatic carbocycles. The van der Waals surface area contributed by atoms with E-state index in [0.29, 0.717) is 5.75 Å². The molecule has 1 atom stereocenters. The van der Waals surface area contributed by atoms with E-state index in [2.05, 4.69) is 4.98 Å². The Morgan fingerprint density at radius 3 is 2.76 bits per heavy atom. The highest BCUT2D eigenvalue weighted by molar-refractivity contribution is 5.34. The molecule has 0 saturated heterocycles. The monoisotopic (exact) mass is 232 g/mol. The molecule has 2 N–H and O–H groups in total. The van der Waals surface area contributed by atoms with Crippen molar-refractivity contribution in [3.8, 4) is 11.5 Å². The molecule has 2 aromatic rings. The quantitative estimate of drug-likeness (QED) is 0.884. The lowest BCUT2D eigenvalue weighted by molar-refractivity contribution is 0.439. The van der Waals surface area contributed by atoms with Crippen molar-refractivity contribution in [1.82, 2.24) is 4.98 Å². The predicted octanol–water partition coefficient (Wildman–Crippen LogP) is 3.03. The van der Waals surface area contributed by atoms with E-state index in [4.69, 9.17) is 10.5 Å². The second-order valence-electron chi connectivity index (χ2n) is 3.77. The van der Waals surface area contributed by atoms with Gasteiger partial charge < -0.3 is 10.5 Å². The number of nitrogens with two attached hydrogens (primary N) is 1. The van der Waals surface area contributed by atoms with Crippen molar-refractivity contribution >= 4 is 0 Å². The molecule has 1 heterocycles. The summed E-state index contributed by atoms with van der Waals surface area (Å²) < 4.78 is 19.1. The van der Waals surface area contributed by atoms with Gasteiger partial charge in [0.2, 0.25) is 0 Å². The summed E-state index contributed by atoms with van der Waals surface area (Å²) in [6.07, 6.45) is 3.15. The van der Waals surface area contributed by atoms with Crippen LogP contribution in [0.15, 0.2) is 42.7 Å². The molecule has 17 heavy (non-hydrogen) atoms. The smallest absolute Gasteiger partial charge is 0.166 e. The van der Waals surface area contributed by atoms with E-state index in [-0.39, 0.29) is 11.8 Å². The van der Waals surface area contributed by atoms with Gasteiger partial charge in [0.1, 0.15) is 5.75 Å². The van der Waals surface area contributed by atoms with Crippen LogP contribution in [0, 0.1) is 5.82 Å². The minimum absolute atomic E-state index is 0.169. The lowest BCUT2D eigenvalue weighted by atomic mass is 10.1. The number of nitrogens with zero attached hydrogens (tertiary/aromatic N) is 1. The number of hydrogen-bond acceptors (Lipinski definition) is 3. The maximum absolute atomic E-state index is 13.7. The van der Waals surface area contributed by atoms with Crippen LogP contribution in [-0.4, -0.2) is 4.98 Å². The zero-order chi connectivity index (χ0) is 12.3. The van der Waals surface area contributed by atoms with E-state index in [0.717, 1.165) is 5.56 Å². The molecule has 0 aliphatic rings. The molecule has 1 aromatic carbocycles. The maximum Gasteiger partial charge on any atom is 0.166 e. The highest BCUT2D eigenvalue weighted by Gasteiger charge is 2.08. The molecule has 0 fully saturated rings.